The molecule has 4 N–H and O–H groups in total. The van der Waals surface area contributed by atoms with Gasteiger partial charge in [-0.1, -0.05) is 67.7 Å². The average molecular weight is 731 g/mol. The van der Waals surface area contributed by atoms with E-state index < -0.39 is 23.9 Å². The van der Waals surface area contributed by atoms with Gasteiger partial charge in [-0.05, 0) is 48.7 Å². The zero-order valence-corrected chi connectivity index (χ0v) is 29.4. The highest BCUT2D eigenvalue weighted by atomic mass is 35.5. The van der Waals surface area contributed by atoms with Gasteiger partial charge in [0.15, 0.2) is 0 Å². The maximum Gasteiger partial charge on any atom is 0.328 e. The van der Waals surface area contributed by atoms with Gasteiger partial charge in [0.1, 0.15) is 0 Å². The molecular weight excluding hydrogens is 688 g/mol. The van der Waals surface area contributed by atoms with Crippen molar-refractivity contribution < 1.29 is 49.1 Å². The summed E-state index contributed by atoms with van der Waals surface area (Å²) in [5, 5.41) is 32.0. The molecule has 2 aliphatic rings. The van der Waals surface area contributed by atoms with Crippen molar-refractivity contribution in [2.24, 2.45) is 0 Å². The third kappa shape index (κ3) is 16.7. The number of fused-ring (bicyclic) bond motifs is 2. The standard InChI is InChI=1S/C28H35ClN2O2S.2C4H4O4/c1-2-3-4-5-11-28(32)33-19-8-14-30-15-17-31(18-16-30)25-20-22-9-6-7-10-26(22)34-27-13-12-23(29)21-24(25)27;2*5-3(6)1-2-4(7)8/h6-7,9-10,12-13,20-21H,2-5,8,11,14-19H2,1H3;2*1-2H,(H,5,6)(H,7,8)/b;2*2-1-. The van der Waals surface area contributed by atoms with Crippen LogP contribution in [0, 0.1) is 0 Å². The minimum Gasteiger partial charge on any atom is -0.478 e. The number of rotatable bonds is 14. The van der Waals surface area contributed by atoms with Crippen LogP contribution < -0.4 is 0 Å². The number of ether oxygens (including phenoxy) is 1. The van der Waals surface area contributed by atoms with Crippen LogP contribution in [0.2, 0.25) is 5.02 Å². The predicted molar refractivity (Wildman–Crippen MR) is 191 cm³/mol. The van der Waals surface area contributed by atoms with Crippen LogP contribution in [0.5, 0.6) is 0 Å². The number of hydrogen-bond donors (Lipinski definition) is 4. The number of carbonyl (C=O) groups excluding carboxylic acids is 1. The van der Waals surface area contributed by atoms with E-state index in [0.29, 0.717) is 37.3 Å². The van der Waals surface area contributed by atoms with E-state index in [9.17, 15) is 24.0 Å². The van der Waals surface area contributed by atoms with E-state index in [2.05, 4.69) is 59.2 Å². The summed E-state index contributed by atoms with van der Waals surface area (Å²) >= 11 is 8.22. The summed E-state index contributed by atoms with van der Waals surface area (Å²) in [5.41, 5.74) is 3.73. The van der Waals surface area contributed by atoms with Crippen molar-refractivity contribution in [1.82, 2.24) is 9.80 Å². The lowest BCUT2D eigenvalue weighted by Crippen LogP contribution is -2.45. The fraction of sp³-hybridized carbons (Fsp3) is 0.361. The fourth-order valence-electron chi connectivity index (χ4n) is 4.83. The van der Waals surface area contributed by atoms with E-state index in [4.69, 9.17) is 36.8 Å². The molecule has 14 heteroatoms. The molecule has 0 radical (unpaired) electrons. The summed E-state index contributed by atoms with van der Waals surface area (Å²) in [6, 6.07) is 14.8. The van der Waals surface area contributed by atoms with Crippen LogP contribution >= 0.6 is 23.4 Å². The van der Waals surface area contributed by atoms with E-state index >= 15 is 0 Å². The summed E-state index contributed by atoms with van der Waals surface area (Å²) in [4.78, 5) is 57.6. The minimum atomic E-state index is -1.26. The lowest BCUT2D eigenvalue weighted by molar-refractivity contribution is -0.144. The number of carbonyl (C=O) groups is 5. The molecule has 0 amide bonds. The number of carboxylic acid groups (broad SMARTS) is 4. The number of nitrogens with zero attached hydrogens (tertiary/aromatic N) is 2. The normalized spacial score (nSPS) is 13.8. The number of piperazine rings is 1. The third-order valence-corrected chi connectivity index (χ3v) is 8.62. The van der Waals surface area contributed by atoms with Crippen LogP contribution in [0.3, 0.4) is 0 Å². The lowest BCUT2D eigenvalue weighted by atomic mass is 10.1. The van der Waals surface area contributed by atoms with E-state index in [1.54, 1.807) is 0 Å². The second-order valence-electron chi connectivity index (χ2n) is 11.0. The first-order valence-corrected chi connectivity index (χ1v) is 17.3. The summed E-state index contributed by atoms with van der Waals surface area (Å²) in [6.07, 6.45) is 10.4. The molecule has 0 aromatic heterocycles. The monoisotopic (exact) mass is 730 g/mol. The second kappa shape index (κ2) is 22.9. The van der Waals surface area contributed by atoms with E-state index in [1.165, 1.54) is 39.5 Å². The fourth-order valence-corrected chi connectivity index (χ4v) is 6.04. The molecule has 0 aliphatic carbocycles. The Kier molecular flexibility index (Phi) is 19.1. The first-order chi connectivity index (χ1) is 23.9. The van der Waals surface area contributed by atoms with Crippen molar-refractivity contribution in [2.75, 3.05) is 39.3 Å². The highest BCUT2D eigenvalue weighted by molar-refractivity contribution is 7.99. The summed E-state index contributed by atoms with van der Waals surface area (Å²) in [6.45, 7) is 7.64. The van der Waals surface area contributed by atoms with Gasteiger partial charge in [0.25, 0.3) is 0 Å². The molecule has 270 valence electrons. The predicted octanol–water partition coefficient (Wildman–Crippen LogP) is 6.25. The molecule has 50 heavy (non-hydrogen) atoms. The van der Waals surface area contributed by atoms with Crippen molar-refractivity contribution in [2.45, 2.75) is 55.2 Å². The SMILES string of the molecule is CCCCCCC(=O)OCCCN1CCN(C2=Cc3ccccc3Sc3ccc(Cl)cc32)CC1.O=C(O)/C=C\C(=O)O.O=C(O)/C=C\C(=O)O. The Morgan fingerprint density at radius 3 is 1.96 bits per heavy atom. The van der Waals surface area contributed by atoms with Crippen LogP contribution in [-0.4, -0.2) is 99.4 Å². The van der Waals surface area contributed by atoms with Crippen LogP contribution in [0.15, 0.2) is 76.6 Å². The zero-order valence-electron chi connectivity index (χ0n) is 27.8. The van der Waals surface area contributed by atoms with Gasteiger partial charge >= 0.3 is 29.8 Å². The topological polar surface area (TPSA) is 182 Å². The van der Waals surface area contributed by atoms with Gasteiger partial charge in [-0.15, -0.1) is 0 Å². The van der Waals surface area contributed by atoms with Gasteiger partial charge in [0.05, 0.1) is 6.61 Å². The van der Waals surface area contributed by atoms with Gasteiger partial charge in [0, 0.05) is 89.5 Å². The molecule has 2 aromatic rings. The van der Waals surface area contributed by atoms with Crippen molar-refractivity contribution in [3.63, 3.8) is 0 Å². The van der Waals surface area contributed by atoms with Crippen LogP contribution in [-0.2, 0) is 28.7 Å². The minimum absolute atomic E-state index is 0.0447. The molecule has 2 heterocycles. The van der Waals surface area contributed by atoms with Crippen LogP contribution in [0.1, 0.15) is 56.6 Å². The summed E-state index contributed by atoms with van der Waals surface area (Å²) < 4.78 is 5.43. The zero-order chi connectivity index (χ0) is 36.9. The molecule has 1 saturated heterocycles. The van der Waals surface area contributed by atoms with Gasteiger partial charge < -0.3 is 30.1 Å². The lowest BCUT2D eigenvalue weighted by Gasteiger charge is -2.37. The maximum absolute atomic E-state index is 11.9. The molecule has 0 atom stereocenters. The quantitative estimate of drug-likeness (QED) is 0.0974. The molecule has 4 rings (SSSR count). The van der Waals surface area contributed by atoms with Gasteiger partial charge in [0.2, 0.25) is 0 Å². The Bertz CT molecular complexity index is 1490. The Balaban J connectivity index is 0.000000450. The van der Waals surface area contributed by atoms with Gasteiger partial charge in [-0.25, -0.2) is 19.2 Å². The second-order valence-corrected chi connectivity index (χ2v) is 12.6. The molecule has 2 aliphatic heterocycles. The third-order valence-electron chi connectivity index (χ3n) is 7.21. The average Bonchev–Trinajstić information content (AvgIpc) is 3.24. The van der Waals surface area contributed by atoms with Crippen LogP contribution in [0.25, 0.3) is 11.8 Å². The molecular formula is C36H43ClN2O10S. The number of aliphatic carboxylic acids is 4. The highest BCUT2D eigenvalue weighted by Gasteiger charge is 2.24. The van der Waals surface area contributed by atoms with Crippen molar-refractivity contribution in [1.29, 1.82) is 0 Å². The molecule has 1 fully saturated rings. The molecule has 0 bridgehead atoms. The van der Waals surface area contributed by atoms with E-state index in [0.717, 1.165) is 57.0 Å². The summed E-state index contributed by atoms with van der Waals surface area (Å²) in [7, 11) is 0. The molecule has 0 unspecified atom stereocenters. The number of benzene rings is 2. The highest BCUT2D eigenvalue weighted by Crippen LogP contribution is 2.42. The van der Waals surface area contributed by atoms with Gasteiger partial charge in [-0.3, -0.25) is 9.69 Å². The molecule has 0 saturated carbocycles. The number of carboxylic acids is 4. The number of halogens is 1. The Labute approximate surface area is 300 Å². The van der Waals surface area contributed by atoms with E-state index in [-0.39, 0.29) is 5.97 Å². The Morgan fingerprint density at radius 1 is 0.780 bits per heavy atom. The largest absolute Gasteiger partial charge is 0.478 e. The molecule has 12 nitrogen and oxygen atoms in total. The van der Waals surface area contributed by atoms with Crippen molar-refractivity contribution in [3.8, 4) is 0 Å². The maximum atomic E-state index is 11.9. The molecule has 2 aromatic carbocycles. The Hall–Kier alpha value is -4.59. The smallest absolute Gasteiger partial charge is 0.328 e. The van der Waals surface area contributed by atoms with Crippen molar-refractivity contribution >= 4 is 65.0 Å². The first kappa shape index (κ1) is 41.6. The van der Waals surface area contributed by atoms with Crippen molar-refractivity contribution in [3.05, 3.63) is 82.9 Å². The van der Waals surface area contributed by atoms with E-state index in [1.807, 2.05) is 17.8 Å². The van der Waals surface area contributed by atoms with Crippen LogP contribution in [0.4, 0.5) is 0 Å². The van der Waals surface area contributed by atoms with Gasteiger partial charge in [-0.2, -0.15) is 0 Å². The number of unbranched alkanes of at least 4 members (excludes halogenated alkanes) is 3. The first-order valence-electron chi connectivity index (χ1n) is 16.1. The number of esters is 1. The molecule has 0 spiro atoms. The Morgan fingerprint density at radius 2 is 1.38 bits per heavy atom. The number of hydrogen-bond acceptors (Lipinski definition) is 9. The summed E-state index contributed by atoms with van der Waals surface area (Å²) in [5.74, 6) is -5.07.